The van der Waals surface area contributed by atoms with Crippen LogP contribution in [-0.4, -0.2) is 10.2 Å². The Hall–Kier alpha value is -2.20. The van der Waals surface area contributed by atoms with Gasteiger partial charge in [0.15, 0.2) is 5.69 Å². The van der Waals surface area contributed by atoms with Gasteiger partial charge in [-0.25, -0.2) is 8.78 Å². The molecule has 0 saturated heterocycles. The SMILES string of the molecule is CC.N#Cc1ccc(OSc2ccc(C(F)F)cc2)nn1. The van der Waals surface area contributed by atoms with Crippen LogP contribution in [0, 0.1) is 11.3 Å². The normalized spacial score (nSPS) is 9.52. The largest absolute Gasteiger partial charge is 0.399 e. The molecule has 1 aromatic carbocycles. The molecule has 0 amide bonds. The monoisotopic (exact) mass is 309 g/mol. The summed E-state index contributed by atoms with van der Waals surface area (Å²) in [6.45, 7) is 4.00. The third kappa shape index (κ3) is 5.36. The van der Waals surface area contributed by atoms with Gasteiger partial charge in [0.2, 0.25) is 5.88 Å². The number of hydrogen-bond acceptors (Lipinski definition) is 5. The molecule has 0 atom stereocenters. The first-order valence-corrected chi connectivity index (χ1v) is 6.89. The molecule has 4 nitrogen and oxygen atoms in total. The van der Waals surface area contributed by atoms with E-state index in [-0.39, 0.29) is 17.1 Å². The van der Waals surface area contributed by atoms with Crippen LogP contribution in [-0.2, 0) is 0 Å². The highest BCUT2D eigenvalue weighted by Gasteiger charge is 2.07. The van der Waals surface area contributed by atoms with E-state index in [2.05, 4.69) is 10.2 Å². The standard InChI is InChI=1S/C12H7F2N3OS.C2H6/c13-12(14)8-1-4-10(5-2-8)19-18-11-6-3-9(7-15)16-17-11;1-2/h1-6,12H;1-2H3. The van der Waals surface area contributed by atoms with Gasteiger partial charge < -0.3 is 4.18 Å². The number of aromatic nitrogens is 2. The lowest BCUT2D eigenvalue weighted by molar-refractivity contribution is 0.151. The van der Waals surface area contributed by atoms with Crippen molar-refractivity contribution in [3.63, 3.8) is 0 Å². The van der Waals surface area contributed by atoms with Crippen molar-refractivity contribution in [2.24, 2.45) is 0 Å². The van der Waals surface area contributed by atoms with Crippen LogP contribution < -0.4 is 4.18 Å². The number of nitriles is 1. The second-order valence-corrected chi connectivity index (χ2v) is 4.21. The summed E-state index contributed by atoms with van der Waals surface area (Å²) in [7, 11) is 0. The van der Waals surface area contributed by atoms with E-state index in [0.717, 1.165) is 12.0 Å². The maximum atomic E-state index is 12.3. The Labute approximate surface area is 126 Å². The van der Waals surface area contributed by atoms with Gasteiger partial charge in [0, 0.05) is 16.5 Å². The summed E-state index contributed by atoms with van der Waals surface area (Å²) in [5.41, 5.74) is 0.154. The molecule has 0 saturated carbocycles. The van der Waals surface area contributed by atoms with E-state index in [1.165, 1.54) is 36.4 Å². The van der Waals surface area contributed by atoms with E-state index in [0.29, 0.717) is 4.90 Å². The topological polar surface area (TPSA) is 58.8 Å². The van der Waals surface area contributed by atoms with Crippen molar-refractivity contribution in [2.45, 2.75) is 25.2 Å². The summed E-state index contributed by atoms with van der Waals surface area (Å²) < 4.78 is 29.9. The quantitative estimate of drug-likeness (QED) is 0.783. The zero-order chi connectivity index (χ0) is 15.7. The molecule has 2 aromatic rings. The first kappa shape index (κ1) is 16.9. The Morgan fingerprint density at radius 3 is 2.24 bits per heavy atom. The fourth-order valence-electron chi connectivity index (χ4n) is 1.18. The number of alkyl halides is 2. The Morgan fingerprint density at radius 1 is 1.10 bits per heavy atom. The molecular weight excluding hydrogens is 296 g/mol. The van der Waals surface area contributed by atoms with Crippen LogP contribution in [0.15, 0.2) is 41.3 Å². The molecule has 0 aliphatic carbocycles. The molecule has 1 heterocycles. The van der Waals surface area contributed by atoms with E-state index >= 15 is 0 Å². The highest BCUT2D eigenvalue weighted by atomic mass is 32.2. The Balaban J connectivity index is 0.00000106. The number of rotatable bonds is 4. The number of hydrogen-bond donors (Lipinski definition) is 0. The maximum Gasteiger partial charge on any atom is 0.263 e. The molecule has 0 unspecified atom stereocenters. The fourth-order valence-corrected chi connectivity index (χ4v) is 1.70. The molecule has 110 valence electrons. The lowest BCUT2D eigenvalue weighted by Crippen LogP contribution is -1.91. The van der Waals surface area contributed by atoms with Gasteiger partial charge >= 0.3 is 0 Å². The minimum atomic E-state index is -2.48. The minimum Gasteiger partial charge on any atom is -0.399 e. The van der Waals surface area contributed by atoms with Crippen molar-refractivity contribution in [2.75, 3.05) is 0 Å². The second-order valence-electron chi connectivity index (χ2n) is 3.41. The van der Waals surface area contributed by atoms with Gasteiger partial charge in [0.05, 0.1) is 12.0 Å². The molecule has 0 spiro atoms. The Bertz CT molecular complexity index is 583. The zero-order valence-electron chi connectivity index (χ0n) is 11.5. The van der Waals surface area contributed by atoms with Crippen molar-refractivity contribution in [1.29, 1.82) is 5.26 Å². The average Bonchev–Trinajstić information content (AvgIpc) is 2.55. The van der Waals surface area contributed by atoms with Crippen molar-refractivity contribution >= 4 is 12.0 Å². The molecule has 0 N–H and O–H groups in total. The zero-order valence-corrected chi connectivity index (χ0v) is 12.3. The van der Waals surface area contributed by atoms with Crippen LogP contribution in [0.3, 0.4) is 0 Å². The van der Waals surface area contributed by atoms with Gasteiger partial charge in [-0.3, -0.25) is 0 Å². The number of benzene rings is 1. The molecule has 2 rings (SSSR count). The molecule has 7 heteroatoms. The van der Waals surface area contributed by atoms with E-state index in [1.54, 1.807) is 0 Å². The lowest BCUT2D eigenvalue weighted by Gasteiger charge is -2.03. The third-order valence-electron chi connectivity index (χ3n) is 2.11. The predicted octanol–water partition coefficient (Wildman–Crippen LogP) is 4.40. The van der Waals surface area contributed by atoms with E-state index in [1.807, 2.05) is 19.9 Å². The smallest absolute Gasteiger partial charge is 0.263 e. The Morgan fingerprint density at radius 2 is 1.76 bits per heavy atom. The van der Waals surface area contributed by atoms with Crippen LogP contribution in [0.1, 0.15) is 31.5 Å². The second kappa shape index (κ2) is 8.87. The average molecular weight is 309 g/mol. The van der Waals surface area contributed by atoms with Gasteiger partial charge in [-0.05, 0) is 18.2 Å². The third-order valence-corrected chi connectivity index (χ3v) is 2.83. The molecule has 0 bridgehead atoms. The summed E-state index contributed by atoms with van der Waals surface area (Å²) in [6.07, 6.45) is -2.48. The van der Waals surface area contributed by atoms with Crippen molar-refractivity contribution in [3.05, 3.63) is 47.7 Å². The molecule has 0 radical (unpaired) electrons. The van der Waals surface area contributed by atoms with Crippen molar-refractivity contribution in [3.8, 4) is 11.9 Å². The maximum absolute atomic E-state index is 12.3. The van der Waals surface area contributed by atoms with Crippen LogP contribution in [0.5, 0.6) is 5.88 Å². The van der Waals surface area contributed by atoms with Gasteiger partial charge in [-0.15, -0.1) is 10.2 Å². The lowest BCUT2D eigenvalue weighted by atomic mass is 10.2. The minimum absolute atomic E-state index is 0.0393. The van der Waals surface area contributed by atoms with Gasteiger partial charge in [-0.2, -0.15) is 5.26 Å². The van der Waals surface area contributed by atoms with Gasteiger partial charge in [0.1, 0.15) is 6.07 Å². The summed E-state index contributed by atoms with van der Waals surface area (Å²) in [4.78, 5) is 0.663. The predicted molar refractivity (Wildman–Crippen MR) is 76.0 cm³/mol. The van der Waals surface area contributed by atoms with E-state index in [4.69, 9.17) is 9.44 Å². The fraction of sp³-hybridized carbons (Fsp3) is 0.214. The molecule has 1 aromatic heterocycles. The number of nitrogens with zero attached hydrogens (tertiary/aromatic N) is 3. The summed E-state index contributed by atoms with van der Waals surface area (Å²) in [5.74, 6) is 0.238. The Kier molecular flexibility index (Phi) is 7.12. The molecular formula is C14H13F2N3OS. The highest BCUT2D eigenvalue weighted by molar-refractivity contribution is 7.95. The molecule has 0 aliphatic heterocycles. The van der Waals surface area contributed by atoms with Gasteiger partial charge in [-0.1, -0.05) is 26.0 Å². The summed E-state index contributed by atoms with van der Waals surface area (Å²) in [5, 5.41) is 15.8. The molecule has 0 fully saturated rings. The first-order chi connectivity index (χ1) is 10.2. The van der Waals surface area contributed by atoms with E-state index < -0.39 is 6.43 Å². The number of halogens is 2. The molecule has 0 aliphatic rings. The van der Waals surface area contributed by atoms with Crippen molar-refractivity contribution < 1.29 is 13.0 Å². The first-order valence-electron chi connectivity index (χ1n) is 6.15. The highest BCUT2D eigenvalue weighted by Crippen LogP contribution is 2.25. The molecule has 21 heavy (non-hydrogen) atoms. The summed E-state index contributed by atoms with van der Waals surface area (Å²) >= 11 is 0.977. The van der Waals surface area contributed by atoms with Crippen LogP contribution in [0.25, 0.3) is 0 Å². The van der Waals surface area contributed by atoms with Crippen LogP contribution in [0.4, 0.5) is 8.78 Å². The van der Waals surface area contributed by atoms with E-state index in [9.17, 15) is 8.78 Å². The summed E-state index contributed by atoms with van der Waals surface area (Å²) in [6, 6.07) is 10.5. The van der Waals surface area contributed by atoms with Crippen LogP contribution >= 0.6 is 12.0 Å². The van der Waals surface area contributed by atoms with Gasteiger partial charge in [0.25, 0.3) is 6.43 Å². The van der Waals surface area contributed by atoms with Crippen LogP contribution in [0.2, 0.25) is 0 Å². The van der Waals surface area contributed by atoms with Crippen molar-refractivity contribution in [1.82, 2.24) is 10.2 Å².